The molecule has 7 heteroatoms. The Hall–Kier alpha value is -2.12. The number of carbonyl (C=O) groups excluding carboxylic acids is 1. The highest BCUT2D eigenvalue weighted by Gasteiger charge is 2.38. The van der Waals surface area contributed by atoms with Crippen LogP contribution < -0.4 is 10.6 Å². The molecule has 1 aromatic rings. The van der Waals surface area contributed by atoms with Crippen molar-refractivity contribution in [2.24, 2.45) is 0 Å². The fourth-order valence-electron chi connectivity index (χ4n) is 3.39. The minimum Gasteiger partial charge on any atom is -0.465 e. The number of carboxylic acid groups (broad SMARTS) is 1. The van der Waals surface area contributed by atoms with Gasteiger partial charge in [0.2, 0.25) is 5.91 Å². The molecule has 4 N–H and O–H groups in total. The van der Waals surface area contributed by atoms with E-state index >= 15 is 0 Å². The summed E-state index contributed by atoms with van der Waals surface area (Å²) in [7, 11) is 0. The number of hydrogen-bond acceptors (Lipinski definition) is 4. The maximum atomic E-state index is 12.1. The van der Waals surface area contributed by atoms with E-state index in [0.717, 1.165) is 5.56 Å². The number of carbonyl (C=O) groups is 2. The van der Waals surface area contributed by atoms with Crippen molar-refractivity contribution in [3.05, 3.63) is 35.9 Å². The van der Waals surface area contributed by atoms with Crippen molar-refractivity contribution in [3.63, 3.8) is 0 Å². The SMILES string of the molecule is CC(C)(C)N(C[C@@H](O)[C@H](Cc1ccccc1)NC(=O)O)[C@H]1CCNC1=O. The molecule has 0 aromatic heterocycles. The van der Waals surface area contributed by atoms with E-state index < -0.39 is 18.2 Å². The summed E-state index contributed by atoms with van der Waals surface area (Å²) < 4.78 is 0. The first-order chi connectivity index (χ1) is 12.2. The van der Waals surface area contributed by atoms with E-state index in [4.69, 9.17) is 5.11 Å². The third kappa shape index (κ3) is 5.44. The smallest absolute Gasteiger partial charge is 0.404 e. The van der Waals surface area contributed by atoms with Crippen LogP contribution in [0.15, 0.2) is 30.3 Å². The number of rotatable bonds is 7. The maximum Gasteiger partial charge on any atom is 0.404 e. The number of aliphatic hydroxyl groups is 1. The van der Waals surface area contributed by atoms with Gasteiger partial charge in [0, 0.05) is 18.6 Å². The van der Waals surface area contributed by atoms with Gasteiger partial charge in [-0.1, -0.05) is 30.3 Å². The quantitative estimate of drug-likeness (QED) is 0.583. The molecule has 1 fully saturated rings. The normalized spacial score (nSPS) is 19.9. The highest BCUT2D eigenvalue weighted by molar-refractivity contribution is 5.83. The van der Waals surface area contributed by atoms with E-state index in [1.54, 1.807) is 0 Å². The van der Waals surface area contributed by atoms with Crippen LogP contribution in [-0.2, 0) is 11.2 Å². The van der Waals surface area contributed by atoms with E-state index in [2.05, 4.69) is 10.6 Å². The third-order valence-corrected chi connectivity index (χ3v) is 4.71. The Bertz CT molecular complexity index is 615. The maximum absolute atomic E-state index is 12.1. The lowest BCUT2D eigenvalue weighted by Gasteiger charge is -2.41. The van der Waals surface area contributed by atoms with Gasteiger partial charge in [0.15, 0.2) is 0 Å². The van der Waals surface area contributed by atoms with Crippen LogP contribution in [0.25, 0.3) is 0 Å². The van der Waals surface area contributed by atoms with E-state index in [1.165, 1.54) is 0 Å². The summed E-state index contributed by atoms with van der Waals surface area (Å²) in [5.74, 6) is -0.0436. The van der Waals surface area contributed by atoms with E-state index in [9.17, 15) is 14.7 Å². The van der Waals surface area contributed by atoms with Gasteiger partial charge in [-0.25, -0.2) is 4.79 Å². The lowest BCUT2D eigenvalue weighted by Crippen LogP contribution is -2.57. The Balaban J connectivity index is 2.15. The van der Waals surface area contributed by atoms with Gasteiger partial charge in [-0.2, -0.15) is 0 Å². The largest absolute Gasteiger partial charge is 0.465 e. The number of β-amino-alcohol motifs (C(OH)–C–C–N with tert-alkyl or cyclic N) is 1. The van der Waals surface area contributed by atoms with Crippen LogP contribution in [0.1, 0.15) is 32.8 Å². The van der Waals surface area contributed by atoms with Crippen molar-refractivity contribution in [2.45, 2.75) is 57.3 Å². The zero-order valence-corrected chi connectivity index (χ0v) is 15.6. The van der Waals surface area contributed by atoms with Crippen molar-refractivity contribution in [1.82, 2.24) is 15.5 Å². The Morgan fingerprint density at radius 2 is 2.00 bits per heavy atom. The standard InChI is InChI=1S/C19H29N3O4/c1-19(2,3)22(15-9-10-20-17(15)24)12-16(23)14(21-18(25)26)11-13-7-5-4-6-8-13/h4-8,14-16,21,23H,9-12H2,1-3H3,(H,20,24)(H,25,26)/t14-,15-,16+/m0/s1. The number of hydrogen-bond donors (Lipinski definition) is 4. The Morgan fingerprint density at radius 3 is 2.50 bits per heavy atom. The van der Waals surface area contributed by atoms with Crippen molar-refractivity contribution in [3.8, 4) is 0 Å². The predicted octanol–water partition coefficient (Wildman–Crippen LogP) is 1.22. The van der Waals surface area contributed by atoms with Crippen molar-refractivity contribution in [1.29, 1.82) is 0 Å². The highest BCUT2D eigenvalue weighted by atomic mass is 16.4. The molecule has 0 bridgehead atoms. The van der Waals surface area contributed by atoms with E-state index in [-0.39, 0.29) is 24.0 Å². The first kappa shape index (κ1) is 20.2. The molecule has 1 aromatic carbocycles. The summed E-state index contributed by atoms with van der Waals surface area (Å²) in [6.07, 6.45) is -1.06. The Morgan fingerprint density at radius 1 is 1.35 bits per heavy atom. The molecule has 0 unspecified atom stereocenters. The van der Waals surface area contributed by atoms with Crippen molar-refractivity contribution < 1.29 is 19.8 Å². The zero-order chi connectivity index (χ0) is 19.3. The lowest BCUT2D eigenvalue weighted by atomic mass is 9.96. The molecule has 7 nitrogen and oxygen atoms in total. The average Bonchev–Trinajstić information content (AvgIpc) is 2.97. The molecule has 2 rings (SSSR count). The summed E-state index contributed by atoms with van der Waals surface area (Å²) in [4.78, 5) is 25.3. The molecule has 1 heterocycles. The minimum atomic E-state index is -1.18. The van der Waals surface area contributed by atoms with Crippen LogP contribution in [0.4, 0.5) is 4.79 Å². The number of amides is 2. The van der Waals surface area contributed by atoms with Crippen LogP contribution in [0.2, 0.25) is 0 Å². The monoisotopic (exact) mass is 363 g/mol. The molecule has 1 aliphatic heterocycles. The van der Waals surface area contributed by atoms with E-state index in [1.807, 2.05) is 56.0 Å². The van der Waals surface area contributed by atoms with Crippen LogP contribution in [0.3, 0.4) is 0 Å². The molecular weight excluding hydrogens is 334 g/mol. The van der Waals surface area contributed by atoms with Crippen LogP contribution >= 0.6 is 0 Å². The van der Waals surface area contributed by atoms with Gasteiger partial charge in [-0.3, -0.25) is 9.69 Å². The summed E-state index contributed by atoms with van der Waals surface area (Å²) in [5.41, 5.74) is 0.597. The molecule has 26 heavy (non-hydrogen) atoms. The molecule has 1 aliphatic rings. The number of aliphatic hydroxyl groups excluding tert-OH is 1. The summed E-state index contributed by atoms with van der Waals surface area (Å²) in [6, 6.07) is 8.47. The second-order valence-electron chi connectivity index (χ2n) is 7.73. The first-order valence-corrected chi connectivity index (χ1v) is 8.94. The van der Waals surface area contributed by atoms with Gasteiger partial charge in [0.1, 0.15) is 0 Å². The van der Waals surface area contributed by atoms with Gasteiger partial charge in [0.05, 0.1) is 18.2 Å². The number of nitrogens with zero attached hydrogens (tertiary/aromatic N) is 1. The van der Waals surface area contributed by atoms with Gasteiger partial charge >= 0.3 is 6.09 Å². The molecule has 0 radical (unpaired) electrons. The van der Waals surface area contributed by atoms with Crippen LogP contribution in [0.5, 0.6) is 0 Å². The van der Waals surface area contributed by atoms with Crippen molar-refractivity contribution in [2.75, 3.05) is 13.1 Å². The predicted molar refractivity (Wildman–Crippen MR) is 99.0 cm³/mol. The molecule has 0 saturated carbocycles. The molecule has 144 valence electrons. The average molecular weight is 363 g/mol. The molecule has 1 saturated heterocycles. The van der Waals surface area contributed by atoms with E-state index in [0.29, 0.717) is 19.4 Å². The second kappa shape index (κ2) is 8.51. The third-order valence-electron chi connectivity index (χ3n) is 4.71. The minimum absolute atomic E-state index is 0.0436. The summed E-state index contributed by atoms with van der Waals surface area (Å²) >= 11 is 0. The number of nitrogens with one attached hydrogen (secondary N) is 2. The topological polar surface area (TPSA) is 102 Å². The van der Waals surface area contributed by atoms with Gasteiger partial charge in [-0.15, -0.1) is 0 Å². The molecule has 0 spiro atoms. The number of benzene rings is 1. The first-order valence-electron chi connectivity index (χ1n) is 8.94. The van der Waals surface area contributed by atoms with Gasteiger partial charge in [-0.05, 0) is 39.2 Å². The Kier molecular flexibility index (Phi) is 6.61. The van der Waals surface area contributed by atoms with Crippen LogP contribution in [-0.4, -0.2) is 63.9 Å². The Labute approximate surface area is 154 Å². The molecule has 2 amide bonds. The summed E-state index contributed by atoms with van der Waals surface area (Å²) in [5, 5.41) is 25.2. The molecular formula is C19H29N3O4. The van der Waals surface area contributed by atoms with Crippen LogP contribution in [0, 0.1) is 0 Å². The fraction of sp³-hybridized carbons (Fsp3) is 0.579. The zero-order valence-electron chi connectivity index (χ0n) is 15.6. The van der Waals surface area contributed by atoms with Gasteiger partial charge < -0.3 is 20.8 Å². The highest BCUT2D eigenvalue weighted by Crippen LogP contribution is 2.23. The molecule has 0 aliphatic carbocycles. The lowest BCUT2D eigenvalue weighted by molar-refractivity contribution is -0.126. The van der Waals surface area contributed by atoms with Gasteiger partial charge in [0.25, 0.3) is 0 Å². The van der Waals surface area contributed by atoms with Crippen molar-refractivity contribution >= 4 is 12.0 Å². The second-order valence-corrected chi connectivity index (χ2v) is 7.73. The summed E-state index contributed by atoms with van der Waals surface area (Å²) in [6.45, 7) is 6.79. The fourth-order valence-corrected chi connectivity index (χ4v) is 3.39. The molecule has 3 atom stereocenters.